The van der Waals surface area contributed by atoms with Gasteiger partial charge in [-0.25, -0.2) is 9.97 Å². The van der Waals surface area contributed by atoms with Crippen LogP contribution in [0.2, 0.25) is 5.02 Å². The van der Waals surface area contributed by atoms with Gasteiger partial charge in [0.2, 0.25) is 17.6 Å². The Bertz CT molecular complexity index is 1650. The van der Waals surface area contributed by atoms with Gasteiger partial charge < -0.3 is 25.4 Å². The van der Waals surface area contributed by atoms with Crippen molar-refractivity contribution in [1.29, 1.82) is 0 Å². The lowest BCUT2D eigenvalue weighted by atomic mass is 10.1. The van der Waals surface area contributed by atoms with Crippen molar-refractivity contribution >= 4 is 63.1 Å². The van der Waals surface area contributed by atoms with Crippen LogP contribution in [0.25, 0.3) is 10.9 Å². The van der Waals surface area contributed by atoms with E-state index in [1.54, 1.807) is 24.3 Å². The lowest BCUT2D eigenvalue weighted by Gasteiger charge is -2.20. The van der Waals surface area contributed by atoms with Gasteiger partial charge in [0.1, 0.15) is 30.2 Å². The van der Waals surface area contributed by atoms with Crippen molar-refractivity contribution in [2.24, 2.45) is 0 Å². The molecule has 2 aromatic carbocycles. The molecule has 4 aromatic rings. The highest BCUT2D eigenvalue weighted by Crippen LogP contribution is 2.36. The maximum atomic E-state index is 14.5. The summed E-state index contributed by atoms with van der Waals surface area (Å²) in [6.07, 6.45) is 5.29. The fraction of sp³-hybridized carbons (Fsp3) is 0.250. The summed E-state index contributed by atoms with van der Waals surface area (Å²) in [6, 6.07) is 8.02. The maximum Gasteiger partial charge on any atom is 0.274 e. The van der Waals surface area contributed by atoms with Gasteiger partial charge in [-0.2, -0.15) is 4.39 Å². The molecule has 0 aliphatic rings. The monoisotopic (exact) mass is 615 g/mol. The molecule has 2 amide bonds. The van der Waals surface area contributed by atoms with Crippen LogP contribution in [0.3, 0.4) is 0 Å². The molecule has 0 aliphatic heterocycles. The van der Waals surface area contributed by atoms with E-state index in [0.29, 0.717) is 33.8 Å². The molecule has 0 bridgehead atoms. The third-order valence-corrected chi connectivity index (χ3v) is 5.98. The molecule has 11 nitrogen and oxygen atoms in total. The van der Waals surface area contributed by atoms with Crippen molar-refractivity contribution in [3.63, 3.8) is 0 Å². The van der Waals surface area contributed by atoms with Gasteiger partial charge in [-0.15, -0.1) is 16.7 Å². The molecule has 0 spiro atoms. The smallest absolute Gasteiger partial charge is 0.274 e. The lowest BCUT2D eigenvalue weighted by molar-refractivity contribution is -0.123. The number of amides is 2. The molecule has 0 atom stereocenters. The fourth-order valence-electron chi connectivity index (χ4n) is 3.81. The molecule has 2 aromatic heterocycles. The number of hydrogen-bond acceptors (Lipinski definition) is 8. The Labute approximate surface area is 251 Å². The molecular weight excluding hydrogens is 588 g/mol. The van der Waals surface area contributed by atoms with Crippen molar-refractivity contribution in [2.45, 2.75) is 32.9 Å². The van der Waals surface area contributed by atoms with Gasteiger partial charge in [0.25, 0.3) is 5.88 Å². The predicted molar refractivity (Wildman–Crippen MR) is 159 cm³/mol. The molecule has 2 heterocycles. The number of aromatic nitrogens is 4. The number of hydrogen-bond donors (Lipinski definition) is 3. The van der Waals surface area contributed by atoms with E-state index >= 15 is 0 Å². The summed E-state index contributed by atoms with van der Waals surface area (Å²) >= 11 is 12.1. The third kappa shape index (κ3) is 7.86. The molecule has 42 heavy (non-hydrogen) atoms. The minimum atomic E-state index is -0.735. The predicted octanol–water partition coefficient (Wildman–Crippen LogP) is 5.81. The number of anilines is 3. The number of carbonyl (C=O) groups excluding carboxylic acids is 2. The van der Waals surface area contributed by atoms with Crippen LogP contribution >= 0.6 is 23.2 Å². The van der Waals surface area contributed by atoms with Crippen LogP contribution in [0.15, 0.2) is 55.0 Å². The van der Waals surface area contributed by atoms with Gasteiger partial charge in [0, 0.05) is 35.0 Å². The summed E-state index contributed by atoms with van der Waals surface area (Å²) in [5.41, 5.74) is 0.996. The topological polar surface area (TPSA) is 132 Å². The number of rotatable bonds is 10. The van der Waals surface area contributed by atoms with Crippen molar-refractivity contribution in [3.05, 3.63) is 65.8 Å². The second-order valence-electron chi connectivity index (χ2n) is 9.98. The summed E-state index contributed by atoms with van der Waals surface area (Å²) in [6.45, 7) is 5.36. The van der Waals surface area contributed by atoms with E-state index in [2.05, 4.69) is 31.0 Å². The van der Waals surface area contributed by atoms with E-state index < -0.39 is 11.4 Å². The zero-order valence-corrected chi connectivity index (χ0v) is 24.7. The number of halogens is 3. The van der Waals surface area contributed by atoms with Crippen molar-refractivity contribution in [3.8, 4) is 17.4 Å². The van der Waals surface area contributed by atoms with E-state index in [9.17, 15) is 14.0 Å². The molecule has 0 aliphatic carbocycles. The Morgan fingerprint density at radius 1 is 1.14 bits per heavy atom. The SMILES string of the molecule is COc1cc2ncnc(Nc3ccc(Oc4nn(CC(=O)NC(C)(C)C)cc4F)cc3Cl)c2cc1NC(=O)/C=C/CCl. The van der Waals surface area contributed by atoms with E-state index in [1.807, 2.05) is 20.8 Å². The van der Waals surface area contributed by atoms with E-state index in [0.717, 1.165) is 10.9 Å². The molecule has 3 N–H and O–H groups in total. The Kier molecular flexibility index (Phi) is 9.48. The summed E-state index contributed by atoms with van der Waals surface area (Å²) in [5.74, 6) is -0.504. The highest BCUT2D eigenvalue weighted by atomic mass is 35.5. The van der Waals surface area contributed by atoms with Gasteiger partial charge >= 0.3 is 0 Å². The number of benzene rings is 2. The van der Waals surface area contributed by atoms with Crippen LogP contribution in [0.5, 0.6) is 17.4 Å². The normalized spacial score (nSPS) is 11.5. The van der Waals surface area contributed by atoms with Crippen LogP contribution in [0, 0.1) is 5.82 Å². The maximum absolute atomic E-state index is 14.5. The van der Waals surface area contributed by atoms with Crippen molar-refractivity contribution in [1.82, 2.24) is 25.1 Å². The minimum Gasteiger partial charge on any atom is -0.494 e. The summed E-state index contributed by atoms with van der Waals surface area (Å²) in [7, 11) is 1.48. The molecule has 0 saturated heterocycles. The highest BCUT2D eigenvalue weighted by molar-refractivity contribution is 6.33. The fourth-order valence-corrected chi connectivity index (χ4v) is 4.12. The first-order valence-corrected chi connectivity index (χ1v) is 13.5. The first-order valence-electron chi connectivity index (χ1n) is 12.6. The van der Waals surface area contributed by atoms with E-state index in [4.69, 9.17) is 32.7 Å². The largest absolute Gasteiger partial charge is 0.494 e. The average Bonchev–Trinajstić information content (AvgIpc) is 3.25. The molecule has 220 valence electrons. The molecular formula is C28H28Cl2FN7O4. The van der Waals surface area contributed by atoms with E-state index in [-0.39, 0.29) is 40.9 Å². The first kappa shape index (κ1) is 30.5. The van der Waals surface area contributed by atoms with E-state index in [1.165, 1.54) is 31.7 Å². The minimum absolute atomic E-state index is 0.171. The molecule has 0 fully saturated rings. The number of nitrogens with zero attached hydrogens (tertiary/aromatic N) is 4. The third-order valence-electron chi connectivity index (χ3n) is 5.49. The first-order chi connectivity index (χ1) is 20.0. The molecule has 4 rings (SSSR count). The van der Waals surface area contributed by atoms with Gasteiger partial charge in [0.05, 0.1) is 35.2 Å². The number of allylic oxidation sites excluding steroid dienone is 1. The molecule has 0 radical (unpaired) electrons. The Balaban J connectivity index is 1.53. The van der Waals surface area contributed by atoms with Gasteiger partial charge in [-0.05, 0) is 39.0 Å². The van der Waals surface area contributed by atoms with Crippen molar-refractivity contribution in [2.75, 3.05) is 23.6 Å². The summed E-state index contributed by atoms with van der Waals surface area (Å²) in [5, 5.41) is 13.5. The number of carbonyl (C=O) groups is 2. The Morgan fingerprint density at radius 3 is 2.62 bits per heavy atom. The zero-order valence-electron chi connectivity index (χ0n) is 23.2. The van der Waals surface area contributed by atoms with Crippen LogP contribution in [0.1, 0.15) is 20.8 Å². The quantitative estimate of drug-likeness (QED) is 0.150. The second kappa shape index (κ2) is 13.0. The number of fused-ring (bicyclic) bond motifs is 1. The lowest BCUT2D eigenvalue weighted by Crippen LogP contribution is -2.42. The second-order valence-corrected chi connectivity index (χ2v) is 10.7. The Morgan fingerprint density at radius 2 is 1.93 bits per heavy atom. The molecule has 0 unspecified atom stereocenters. The van der Waals surface area contributed by atoms with Crippen LogP contribution in [-0.4, -0.2) is 50.1 Å². The number of nitrogens with one attached hydrogen (secondary N) is 3. The van der Waals surface area contributed by atoms with Gasteiger partial charge in [-0.3, -0.25) is 14.3 Å². The van der Waals surface area contributed by atoms with Crippen LogP contribution < -0.4 is 25.4 Å². The number of ether oxygens (including phenoxy) is 2. The van der Waals surface area contributed by atoms with Gasteiger partial charge in [0.15, 0.2) is 0 Å². The average molecular weight is 616 g/mol. The van der Waals surface area contributed by atoms with Crippen LogP contribution in [-0.2, 0) is 16.1 Å². The highest BCUT2D eigenvalue weighted by Gasteiger charge is 2.18. The van der Waals surface area contributed by atoms with Crippen molar-refractivity contribution < 1.29 is 23.5 Å². The Hall–Kier alpha value is -4.42. The number of alkyl halides is 1. The molecule has 0 saturated carbocycles. The standard InChI is InChI=1S/C28H28Cl2FN7O4/c1-28(2,3)36-25(40)14-38-13-19(31)27(37-38)42-16-7-8-20(18(30)10-16)35-26-17-11-22(34-24(39)6-5-9-29)23(41-4)12-21(17)32-15-33-26/h5-8,10-13,15H,9,14H2,1-4H3,(H,34,39)(H,36,40)(H,32,33,35)/b6-5+. The van der Waals surface area contributed by atoms with Gasteiger partial charge in [-0.1, -0.05) is 17.7 Å². The number of methoxy groups -OCH3 is 1. The molecule has 14 heteroatoms. The summed E-state index contributed by atoms with van der Waals surface area (Å²) in [4.78, 5) is 33.0. The zero-order chi connectivity index (χ0) is 30.4. The summed E-state index contributed by atoms with van der Waals surface area (Å²) < 4.78 is 26.6. The van der Waals surface area contributed by atoms with Crippen LogP contribution in [0.4, 0.5) is 21.6 Å².